The standard InChI is InChI=1S/C22H24B.C22H28NO3/c1-2-3-19-23(20-13-7-4-8-14-20,21-15-9-5-10-16-21)22-17-11-6-12-18-22;1-4-8-21(24)26-16-15-23(2,3)17-18-11-13-20(14-12-18)22(25)19-9-6-5-7-10-19/h4-18H,2-3,19H2,1H3;5-7,9-14H,4,8,15-17H2,1-3H3/q-1;+1. The number of benzene rings is 5. The number of hydrogen-bond acceptors (Lipinski definition) is 3. The first-order valence-electron chi connectivity index (χ1n) is 17.8. The Bertz CT molecular complexity index is 1590. The fraction of sp³-hybridized carbons (Fsp3) is 0.273. The number of carbonyl (C=O) groups is 2. The first kappa shape index (κ1) is 37.1. The maximum absolute atomic E-state index is 12.4. The third-order valence-corrected chi connectivity index (χ3v) is 9.37. The average molecular weight is 654 g/mol. The first-order valence-corrected chi connectivity index (χ1v) is 17.8. The van der Waals surface area contributed by atoms with Gasteiger partial charge >= 0.3 is 5.97 Å². The fourth-order valence-electron chi connectivity index (χ4n) is 6.71. The summed E-state index contributed by atoms with van der Waals surface area (Å²) < 4.78 is 5.97. The van der Waals surface area contributed by atoms with Gasteiger partial charge in [-0.15, -0.1) is 0 Å². The number of ketones is 1. The van der Waals surface area contributed by atoms with Gasteiger partial charge in [-0.05, 0) is 6.42 Å². The molecule has 0 saturated heterocycles. The molecular formula is C44H52BNO3. The van der Waals surface area contributed by atoms with Crippen LogP contribution in [0.5, 0.6) is 0 Å². The molecule has 5 aromatic carbocycles. The van der Waals surface area contributed by atoms with E-state index in [2.05, 4.69) is 112 Å². The maximum atomic E-state index is 12.4. The second-order valence-electron chi connectivity index (χ2n) is 13.6. The monoisotopic (exact) mass is 653 g/mol. The molecule has 0 aromatic heterocycles. The molecule has 0 N–H and O–H groups in total. The Morgan fingerprint density at radius 1 is 0.592 bits per heavy atom. The van der Waals surface area contributed by atoms with Crippen LogP contribution in [0.1, 0.15) is 61.0 Å². The van der Waals surface area contributed by atoms with Crippen molar-refractivity contribution in [1.82, 2.24) is 0 Å². The van der Waals surface area contributed by atoms with Gasteiger partial charge in [0.05, 0.1) is 20.2 Å². The SMILES string of the molecule is CCCC(=O)OCC[N+](C)(C)Cc1ccc(C(=O)c2ccccc2)cc1.CCCC[B-](c1ccccc1)(c1ccccc1)c1ccccc1. The average Bonchev–Trinajstić information content (AvgIpc) is 3.14. The molecular weight excluding hydrogens is 601 g/mol. The van der Waals surface area contributed by atoms with Crippen molar-refractivity contribution in [3.63, 3.8) is 0 Å². The van der Waals surface area contributed by atoms with Crippen LogP contribution in [0.3, 0.4) is 0 Å². The zero-order chi connectivity index (χ0) is 35.0. The fourth-order valence-corrected chi connectivity index (χ4v) is 6.71. The number of unbranched alkanes of at least 4 members (excludes halogenated alkanes) is 1. The van der Waals surface area contributed by atoms with Crippen molar-refractivity contribution < 1.29 is 18.8 Å². The molecule has 0 amide bonds. The van der Waals surface area contributed by atoms with E-state index < -0.39 is 6.15 Å². The number of carbonyl (C=O) groups excluding carboxylic acids is 2. The van der Waals surface area contributed by atoms with E-state index in [1.165, 1.54) is 35.6 Å². The number of quaternary nitrogens is 1. The van der Waals surface area contributed by atoms with E-state index in [1.54, 1.807) is 0 Å². The van der Waals surface area contributed by atoms with Gasteiger partial charge in [0.15, 0.2) is 5.78 Å². The molecule has 0 unspecified atom stereocenters. The molecule has 0 heterocycles. The highest BCUT2D eigenvalue weighted by atomic mass is 16.5. The molecule has 0 atom stereocenters. The number of likely N-dealkylation sites (N-methyl/N-ethyl adjacent to an activating group) is 1. The Morgan fingerprint density at radius 3 is 1.49 bits per heavy atom. The van der Waals surface area contributed by atoms with Crippen molar-refractivity contribution >= 4 is 34.3 Å². The number of esters is 1. The molecule has 0 radical (unpaired) electrons. The van der Waals surface area contributed by atoms with E-state index in [1.807, 2.05) is 61.5 Å². The lowest BCUT2D eigenvalue weighted by Crippen LogP contribution is -2.66. The predicted octanol–water partition coefficient (Wildman–Crippen LogP) is 7.79. The Hall–Kier alpha value is -4.74. The van der Waals surface area contributed by atoms with Gasteiger partial charge in [0.25, 0.3) is 0 Å². The molecule has 49 heavy (non-hydrogen) atoms. The van der Waals surface area contributed by atoms with E-state index in [9.17, 15) is 9.59 Å². The van der Waals surface area contributed by atoms with Crippen LogP contribution in [0.4, 0.5) is 0 Å². The quantitative estimate of drug-likeness (QED) is 0.0502. The Labute approximate surface area is 294 Å². The largest absolute Gasteiger partial charge is 0.460 e. The molecule has 5 rings (SSSR count). The summed E-state index contributed by atoms with van der Waals surface area (Å²) in [6.45, 7) is 6.23. The summed E-state index contributed by atoms with van der Waals surface area (Å²) in [5.41, 5.74) is 6.87. The highest BCUT2D eigenvalue weighted by Crippen LogP contribution is 2.17. The smallest absolute Gasteiger partial charge is 0.305 e. The number of ether oxygens (including phenoxy) is 1. The molecule has 0 aliphatic carbocycles. The molecule has 5 aromatic rings. The van der Waals surface area contributed by atoms with Crippen LogP contribution >= 0.6 is 0 Å². The normalized spacial score (nSPS) is 11.3. The lowest BCUT2D eigenvalue weighted by Gasteiger charge is -2.43. The van der Waals surface area contributed by atoms with Crippen LogP contribution in [0.15, 0.2) is 146 Å². The number of hydrogen-bond donors (Lipinski definition) is 0. The van der Waals surface area contributed by atoms with Gasteiger partial charge in [-0.2, -0.15) is 22.7 Å². The van der Waals surface area contributed by atoms with Crippen molar-refractivity contribution in [2.75, 3.05) is 27.2 Å². The first-order chi connectivity index (χ1) is 23.8. The summed E-state index contributed by atoms with van der Waals surface area (Å²) >= 11 is 0. The highest BCUT2D eigenvalue weighted by Gasteiger charge is 2.28. The summed E-state index contributed by atoms with van der Waals surface area (Å²) in [7, 11) is 4.22. The van der Waals surface area contributed by atoms with Gasteiger partial charge in [-0.3, -0.25) is 9.59 Å². The molecule has 0 spiro atoms. The molecule has 0 saturated carbocycles. The van der Waals surface area contributed by atoms with Crippen molar-refractivity contribution in [3.05, 3.63) is 162 Å². The molecule has 254 valence electrons. The van der Waals surface area contributed by atoms with Crippen LogP contribution in [-0.4, -0.2) is 49.6 Å². The molecule has 0 aliphatic heterocycles. The molecule has 0 fully saturated rings. The molecule has 0 bridgehead atoms. The third-order valence-electron chi connectivity index (χ3n) is 9.37. The van der Waals surface area contributed by atoms with E-state index >= 15 is 0 Å². The zero-order valence-corrected chi connectivity index (χ0v) is 29.8. The summed E-state index contributed by atoms with van der Waals surface area (Å²) in [5, 5.41) is 0. The van der Waals surface area contributed by atoms with Crippen LogP contribution in [-0.2, 0) is 16.1 Å². The van der Waals surface area contributed by atoms with Crippen molar-refractivity contribution in [2.24, 2.45) is 0 Å². The number of nitrogens with zero attached hydrogens (tertiary/aromatic N) is 1. The number of rotatable bonds is 15. The summed E-state index contributed by atoms with van der Waals surface area (Å²) in [6, 6.07) is 50.2. The second kappa shape index (κ2) is 18.7. The van der Waals surface area contributed by atoms with Crippen molar-refractivity contribution in [2.45, 2.75) is 52.4 Å². The highest BCUT2D eigenvalue weighted by molar-refractivity contribution is 7.11. The maximum Gasteiger partial charge on any atom is 0.305 e. The van der Waals surface area contributed by atoms with Crippen LogP contribution in [0, 0.1) is 0 Å². The third kappa shape index (κ3) is 10.6. The zero-order valence-electron chi connectivity index (χ0n) is 29.8. The van der Waals surface area contributed by atoms with Crippen LogP contribution in [0.25, 0.3) is 0 Å². The minimum atomic E-state index is -0.913. The van der Waals surface area contributed by atoms with E-state index in [-0.39, 0.29) is 11.8 Å². The van der Waals surface area contributed by atoms with Gasteiger partial charge in [0.2, 0.25) is 0 Å². The van der Waals surface area contributed by atoms with Gasteiger partial charge in [0.1, 0.15) is 19.7 Å². The Kier molecular flexibility index (Phi) is 14.2. The van der Waals surface area contributed by atoms with Gasteiger partial charge < -0.3 is 9.22 Å². The lowest BCUT2D eigenvalue weighted by molar-refractivity contribution is -0.903. The minimum absolute atomic E-state index is 0.0359. The van der Waals surface area contributed by atoms with Gasteiger partial charge in [-0.1, -0.05) is 172 Å². The van der Waals surface area contributed by atoms with E-state index in [4.69, 9.17) is 4.74 Å². The van der Waals surface area contributed by atoms with E-state index in [0.29, 0.717) is 28.6 Å². The molecule has 5 heteroatoms. The van der Waals surface area contributed by atoms with Crippen LogP contribution in [0.2, 0.25) is 6.32 Å². The summed E-state index contributed by atoms with van der Waals surface area (Å²) in [4.78, 5) is 23.9. The Morgan fingerprint density at radius 2 is 1.04 bits per heavy atom. The molecule has 4 nitrogen and oxygen atoms in total. The summed E-state index contributed by atoms with van der Waals surface area (Å²) in [6.07, 6.45) is 4.02. The second-order valence-corrected chi connectivity index (χ2v) is 13.6. The Balaban J connectivity index is 0.000000222. The minimum Gasteiger partial charge on any atom is -0.460 e. The van der Waals surface area contributed by atoms with E-state index in [0.717, 1.165) is 25.1 Å². The van der Waals surface area contributed by atoms with Gasteiger partial charge in [0, 0.05) is 23.1 Å². The lowest BCUT2D eigenvalue weighted by atomic mass is 9.14. The topological polar surface area (TPSA) is 43.4 Å². The van der Waals surface area contributed by atoms with Crippen molar-refractivity contribution in [3.8, 4) is 0 Å². The van der Waals surface area contributed by atoms with Crippen molar-refractivity contribution in [1.29, 1.82) is 0 Å². The molecule has 0 aliphatic rings. The van der Waals surface area contributed by atoms with Crippen LogP contribution < -0.4 is 16.4 Å². The van der Waals surface area contributed by atoms with Gasteiger partial charge in [-0.25, -0.2) is 0 Å². The predicted molar refractivity (Wildman–Crippen MR) is 207 cm³/mol. The summed E-state index contributed by atoms with van der Waals surface area (Å²) in [5.74, 6) is -0.0926.